The molecule has 0 radical (unpaired) electrons. The van der Waals surface area contributed by atoms with Crippen LogP contribution in [-0.2, 0) is 16.1 Å². The van der Waals surface area contributed by atoms with Crippen molar-refractivity contribution in [3.05, 3.63) is 70.2 Å². The van der Waals surface area contributed by atoms with Crippen molar-refractivity contribution in [1.82, 2.24) is 9.80 Å². The molecule has 5 nitrogen and oxygen atoms in total. The zero-order valence-electron chi connectivity index (χ0n) is 14.6. The van der Waals surface area contributed by atoms with Gasteiger partial charge in [0.1, 0.15) is 0 Å². The fourth-order valence-electron chi connectivity index (χ4n) is 3.06. The van der Waals surface area contributed by atoms with Crippen LogP contribution in [0.2, 0.25) is 5.02 Å². The molecule has 6 heteroatoms. The van der Waals surface area contributed by atoms with Gasteiger partial charge in [0, 0.05) is 24.7 Å². The van der Waals surface area contributed by atoms with Crippen LogP contribution in [0.15, 0.2) is 48.5 Å². The summed E-state index contributed by atoms with van der Waals surface area (Å²) in [5.41, 5.74) is 2.68. The summed E-state index contributed by atoms with van der Waals surface area (Å²) < 4.78 is 0. The quantitative estimate of drug-likeness (QED) is 0.897. The highest BCUT2D eigenvalue weighted by atomic mass is 35.5. The van der Waals surface area contributed by atoms with Crippen LogP contribution in [0.5, 0.6) is 0 Å². The maximum Gasteiger partial charge on any atom is 0.256 e. The molecule has 1 atom stereocenters. The maximum absolute atomic E-state index is 12.5. The summed E-state index contributed by atoms with van der Waals surface area (Å²) >= 11 is 5.83. The molecule has 2 aromatic carbocycles. The van der Waals surface area contributed by atoms with E-state index in [4.69, 9.17) is 11.6 Å². The molecule has 0 saturated carbocycles. The van der Waals surface area contributed by atoms with E-state index >= 15 is 0 Å². The van der Waals surface area contributed by atoms with E-state index in [1.165, 1.54) is 4.90 Å². The van der Waals surface area contributed by atoms with Gasteiger partial charge in [-0.05, 0) is 30.2 Å². The highest BCUT2D eigenvalue weighted by Crippen LogP contribution is 2.20. The van der Waals surface area contributed by atoms with Crippen LogP contribution in [0.4, 0.5) is 0 Å². The van der Waals surface area contributed by atoms with Gasteiger partial charge in [0.2, 0.25) is 5.91 Å². The first-order valence-corrected chi connectivity index (χ1v) is 8.87. The van der Waals surface area contributed by atoms with Crippen molar-refractivity contribution in [2.24, 2.45) is 0 Å². The second kappa shape index (κ2) is 7.89. The minimum Gasteiger partial charge on any atom is -0.378 e. The highest BCUT2D eigenvalue weighted by molar-refractivity contribution is 6.30. The lowest BCUT2D eigenvalue weighted by atomic mass is 10.1. The Kier molecular flexibility index (Phi) is 5.59. The predicted molar refractivity (Wildman–Crippen MR) is 99.6 cm³/mol. The number of hydrogen-bond donors (Lipinski definition) is 1. The molecule has 2 amide bonds. The fraction of sp³-hybridized carbons (Fsp3) is 0.300. The molecule has 1 saturated heterocycles. The van der Waals surface area contributed by atoms with Crippen molar-refractivity contribution in [3.63, 3.8) is 0 Å². The molecule has 0 unspecified atom stereocenters. The number of carbonyl (C=O) groups is 2. The van der Waals surface area contributed by atoms with Crippen LogP contribution in [0, 0.1) is 6.92 Å². The average Bonchev–Trinajstić information content (AvgIpc) is 2.63. The van der Waals surface area contributed by atoms with Gasteiger partial charge in [0.05, 0.1) is 6.54 Å². The number of benzene rings is 2. The minimum absolute atomic E-state index is 0.0186. The van der Waals surface area contributed by atoms with E-state index in [1.54, 1.807) is 29.2 Å². The summed E-state index contributed by atoms with van der Waals surface area (Å²) in [6, 6.07) is 14.5. The average molecular weight is 373 g/mol. The third-order valence-electron chi connectivity index (χ3n) is 4.51. The van der Waals surface area contributed by atoms with E-state index in [1.807, 2.05) is 25.1 Å². The number of piperazine rings is 1. The van der Waals surface area contributed by atoms with Crippen LogP contribution >= 0.6 is 11.6 Å². The van der Waals surface area contributed by atoms with Gasteiger partial charge in [-0.1, -0.05) is 53.6 Å². The third kappa shape index (κ3) is 4.23. The van der Waals surface area contributed by atoms with Crippen LogP contribution in [0.3, 0.4) is 0 Å². The third-order valence-corrected chi connectivity index (χ3v) is 4.76. The Hall–Kier alpha value is -2.37. The summed E-state index contributed by atoms with van der Waals surface area (Å²) in [5, 5.41) is 10.8. The molecule has 26 heavy (non-hydrogen) atoms. The van der Waals surface area contributed by atoms with Gasteiger partial charge in [-0.2, -0.15) is 0 Å². The molecular weight excluding hydrogens is 352 g/mol. The molecule has 2 aromatic rings. The number of halogens is 1. The first-order chi connectivity index (χ1) is 12.4. The van der Waals surface area contributed by atoms with Crippen molar-refractivity contribution in [1.29, 1.82) is 0 Å². The van der Waals surface area contributed by atoms with E-state index in [2.05, 4.69) is 6.07 Å². The summed E-state index contributed by atoms with van der Waals surface area (Å²) in [4.78, 5) is 28.1. The van der Waals surface area contributed by atoms with Gasteiger partial charge in [0.25, 0.3) is 5.91 Å². The lowest BCUT2D eigenvalue weighted by Crippen LogP contribution is -2.52. The first kappa shape index (κ1) is 18.4. The minimum atomic E-state index is -1.29. The number of nitrogens with zero attached hydrogens (tertiary/aromatic N) is 2. The Morgan fingerprint density at radius 3 is 2.58 bits per heavy atom. The molecule has 3 rings (SSSR count). The molecular formula is C20H21ClN2O3. The standard InChI is InChI=1S/C20H21ClN2O3/c1-14-3-2-4-15(11-14)12-22-9-10-23(13-18(22)24)20(26)19(25)16-5-7-17(21)8-6-16/h2-8,11,19,25H,9-10,12-13H2,1H3/t19-/m1/s1. The van der Waals surface area contributed by atoms with Gasteiger partial charge < -0.3 is 14.9 Å². The van der Waals surface area contributed by atoms with E-state index in [-0.39, 0.29) is 12.5 Å². The molecule has 1 N–H and O–H groups in total. The molecule has 1 heterocycles. The van der Waals surface area contributed by atoms with Gasteiger partial charge in [-0.15, -0.1) is 0 Å². The predicted octanol–water partition coefficient (Wildman–Crippen LogP) is 2.55. The summed E-state index contributed by atoms with van der Waals surface area (Å²) in [5.74, 6) is -0.578. The highest BCUT2D eigenvalue weighted by Gasteiger charge is 2.31. The van der Waals surface area contributed by atoms with Crippen LogP contribution in [0.1, 0.15) is 22.8 Å². The van der Waals surface area contributed by atoms with Crippen molar-refractivity contribution in [3.8, 4) is 0 Å². The van der Waals surface area contributed by atoms with Gasteiger partial charge in [-0.25, -0.2) is 0 Å². The van der Waals surface area contributed by atoms with E-state index in [0.717, 1.165) is 11.1 Å². The monoisotopic (exact) mass is 372 g/mol. The number of rotatable bonds is 4. The lowest BCUT2D eigenvalue weighted by molar-refractivity contribution is -0.150. The number of hydrogen-bond acceptors (Lipinski definition) is 3. The topological polar surface area (TPSA) is 60.9 Å². The smallest absolute Gasteiger partial charge is 0.256 e. The molecule has 1 aliphatic heterocycles. The number of aliphatic hydroxyl groups is 1. The number of amides is 2. The van der Waals surface area contributed by atoms with Gasteiger partial charge >= 0.3 is 0 Å². The summed E-state index contributed by atoms with van der Waals surface area (Å²) in [7, 11) is 0. The Bertz CT molecular complexity index is 807. The number of aryl methyl sites for hydroxylation is 1. The van der Waals surface area contributed by atoms with Crippen molar-refractivity contribution < 1.29 is 14.7 Å². The SMILES string of the molecule is Cc1cccc(CN2CCN(C(=O)[C@H](O)c3ccc(Cl)cc3)CC2=O)c1. The van der Waals surface area contributed by atoms with Crippen molar-refractivity contribution in [2.75, 3.05) is 19.6 Å². The van der Waals surface area contributed by atoms with Crippen LogP contribution < -0.4 is 0 Å². The lowest BCUT2D eigenvalue weighted by Gasteiger charge is -2.35. The molecule has 0 bridgehead atoms. The Morgan fingerprint density at radius 2 is 1.92 bits per heavy atom. The second-order valence-corrected chi connectivity index (χ2v) is 6.95. The number of carbonyl (C=O) groups excluding carboxylic acids is 2. The summed E-state index contributed by atoms with van der Waals surface area (Å²) in [6.07, 6.45) is -1.29. The van der Waals surface area contributed by atoms with Crippen molar-refractivity contribution in [2.45, 2.75) is 19.6 Å². The van der Waals surface area contributed by atoms with E-state index < -0.39 is 12.0 Å². The fourth-order valence-corrected chi connectivity index (χ4v) is 3.18. The second-order valence-electron chi connectivity index (χ2n) is 6.52. The zero-order valence-corrected chi connectivity index (χ0v) is 15.3. The Balaban J connectivity index is 1.61. The molecule has 0 aromatic heterocycles. The molecule has 136 valence electrons. The maximum atomic E-state index is 12.5. The zero-order chi connectivity index (χ0) is 18.7. The Labute approximate surface area is 157 Å². The number of aliphatic hydroxyl groups excluding tert-OH is 1. The van der Waals surface area contributed by atoms with Gasteiger partial charge in [0.15, 0.2) is 6.10 Å². The normalized spacial score (nSPS) is 15.9. The van der Waals surface area contributed by atoms with Crippen LogP contribution in [0.25, 0.3) is 0 Å². The largest absolute Gasteiger partial charge is 0.378 e. The molecule has 1 fully saturated rings. The molecule has 0 aliphatic carbocycles. The Morgan fingerprint density at radius 1 is 1.19 bits per heavy atom. The first-order valence-electron chi connectivity index (χ1n) is 8.49. The van der Waals surface area contributed by atoms with E-state index in [0.29, 0.717) is 30.2 Å². The van der Waals surface area contributed by atoms with Crippen molar-refractivity contribution >= 4 is 23.4 Å². The molecule has 0 spiro atoms. The van der Waals surface area contributed by atoms with Crippen LogP contribution in [-0.4, -0.2) is 46.4 Å². The molecule has 1 aliphatic rings. The van der Waals surface area contributed by atoms with E-state index in [9.17, 15) is 14.7 Å². The van der Waals surface area contributed by atoms with Gasteiger partial charge in [-0.3, -0.25) is 9.59 Å². The summed E-state index contributed by atoms with van der Waals surface area (Å²) in [6.45, 7) is 3.38.